The molecule has 0 heterocycles. The van der Waals surface area contributed by atoms with Crippen LogP contribution in [-0.4, -0.2) is 9.67 Å². The zero-order chi connectivity index (χ0) is 7.28. The van der Waals surface area contributed by atoms with Crippen molar-refractivity contribution in [3.8, 4) is 0 Å². The number of rotatable bonds is 2. The van der Waals surface area contributed by atoms with Gasteiger partial charge in [0.2, 0.25) is 0 Å². The highest BCUT2D eigenvalue weighted by molar-refractivity contribution is 8.08. The Kier molecular flexibility index (Phi) is 4.44. The smallest absolute Gasteiger partial charge is 0.330 e. The quantitative estimate of drug-likeness (QED) is 0.549. The summed E-state index contributed by atoms with van der Waals surface area (Å²) in [6.07, 6.45) is 2.54. The second kappa shape index (κ2) is 4.58. The predicted octanol–water partition coefficient (Wildman–Crippen LogP) is 1.21. The summed E-state index contributed by atoms with van der Waals surface area (Å²) in [6.45, 7) is 3.24. The lowest BCUT2D eigenvalue weighted by molar-refractivity contribution is -0.109. The number of carbonyl (C=O) groups excluding carboxylic acids is 1. The molecule has 0 aromatic carbocycles. The summed E-state index contributed by atoms with van der Waals surface area (Å²) in [6, 6.07) is 0. The standard InChI is InChI=1S/C6H10O2S/c1-3-4-5-9(8)6(2)7/h4-5H,3H2,1-2H3/b5-4-. The highest BCUT2D eigenvalue weighted by Crippen LogP contribution is 1.94. The molecule has 0 saturated heterocycles. The Morgan fingerprint density at radius 2 is 2.33 bits per heavy atom. The molecule has 0 fully saturated rings. The molecule has 0 bridgehead atoms. The van der Waals surface area contributed by atoms with E-state index < -0.39 is 11.2 Å². The second-order valence-electron chi connectivity index (χ2n) is 1.57. The number of carbonyl (C=O) groups is 1. The van der Waals surface area contributed by atoms with Crippen LogP contribution in [0.5, 0.6) is 0 Å². The first kappa shape index (κ1) is 8.72. The molecule has 0 rings (SSSR count). The predicted molar refractivity (Wildman–Crippen MR) is 38.3 cm³/mol. The average molecular weight is 146 g/mol. The van der Waals surface area contributed by atoms with Crippen LogP contribution in [0.15, 0.2) is 11.5 Å². The maximum Gasteiger partial charge on any atom is 0.330 e. The fourth-order valence-electron chi connectivity index (χ4n) is 0.279. The third-order valence-corrected chi connectivity index (χ3v) is 1.75. The van der Waals surface area contributed by atoms with E-state index in [0.717, 1.165) is 6.42 Å². The van der Waals surface area contributed by atoms with Gasteiger partial charge in [0.25, 0.3) is 0 Å². The average Bonchev–Trinajstić information content (AvgIpc) is 1.82. The van der Waals surface area contributed by atoms with Crippen LogP contribution in [0, 0.1) is 0 Å². The number of allylic oxidation sites excluding steroid dienone is 1. The molecule has 0 amide bonds. The second-order valence-corrected chi connectivity index (χ2v) is 3.01. The molecule has 3 heteroatoms. The van der Waals surface area contributed by atoms with Crippen molar-refractivity contribution >= 4 is 16.3 Å². The molecule has 0 radical (unpaired) electrons. The van der Waals surface area contributed by atoms with Gasteiger partial charge in [-0.25, -0.2) is 4.79 Å². The lowest BCUT2D eigenvalue weighted by atomic mass is 10.5. The molecular weight excluding hydrogens is 136 g/mol. The van der Waals surface area contributed by atoms with Gasteiger partial charge in [-0.05, 0) is 12.5 Å². The first-order chi connectivity index (χ1) is 4.18. The third-order valence-electron chi connectivity index (χ3n) is 0.739. The Morgan fingerprint density at radius 1 is 1.78 bits per heavy atom. The monoisotopic (exact) mass is 146 g/mol. The number of hydrogen-bond donors (Lipinski definition) is 0. The highest BCUT2D eigenvalue weighted by Gasteiger charge is 2.06. The molecule has 0 aliphatic carbocycles. The van der Waals surface area contributed by atoms with Gasteiger partial charge in [0.05, 0.1) is 11.2 Å². The summed E-state index contributed by atoms with van der Waals surface area (Å²) in [5, 5.41) is 1.13. The SMILES string of the molecule is CC/C=C\[S+]([O-])C(C)=O. The minimum atomic E-state index is -1.39. The molecule has 0 aromatic heterocycles. The van der Waals surface area contributed by atoms with Crippen molar-refractivity contribution in [1.29, 1.82) is 0 Å². The first-order valence-corrected chi connectivity index (χ1v) is 3.97. The van der Waals surface area contributed by atoms with Crippen LogP contribution in [0.25, 0.3) is 0 Å². The van der Waals surface area contributed by atoms with Crippen molar-refractivity contribution in [3.63, 3.8) is 0 Å². The van der Waals surface area contributed by atoms with E-state index in [9.17, 15) is 9.35 Å². The van der Waals surface area contributed by atoms with Crippen molar-refractivity contribution in [2.24, 2.45) is 0 Å². The van der Waals surface area contributed by atoms with Crippen LogP contribution in [0.4, 0.5) is 0 Å². The van der Waals surface area contributed by atoms with E-state index in [2.05, 4.69) is 0 Å². The van der Waals surface area contributed by atoms with Gasteiger partial charge >= 0.3 is 5.12 Å². The summed E-state index contributed by atoms with van der Waals surface area (Å²) >= 11 is -1.39. The number of hydrogen-bond acceptors (Lipinski definition) is 2. The van der Waals surface area contributed by atoms with Crippen molar-refractivity contribution in [3.05, 3.63) is 11.5 Å². The van der Waals surface area contributed by atoms with Crippen molar-refractivity contribution in [2.45, 2.75) is 20.3 Å². The van der Waals surface area contributed by atoms with Crippen LogP contribution in [-0.2, 0) is 16.0 Å². The molecule has 1 atom stereocenters. The van der Waals surface area contributed by atoms with Crippen LogP contribution < -0.4 is 0 Å². The summed E-state index contributed by atoms with van der Waals surface area (Å²) in [5.41, 5.74) is 0. The Balaban J connectivity index is 3.62. The normalized spacial score (nSPS) is 14.1. The molecule has 0 aliphatic rings. The van der Waals surface area contributed by atoms with Crippen LogP contribution in [0.1, 0.15) is 20.3 Å². The van der Waals surface area contributed by atoms with Crippen LogP contribution >= 0.6 is 0 Å². The largest absolute Gasteiger partial charge is 0.605 e. The molecule has 0 aliphatic heterocycles. The first-order valence-electron chi connectivity index (χ1n) is 2.76. The maximum atomic E-state index is 10.6. The molecule has 1 unspecified atom stereocenters. The minimum absolute atomic E-state index is 0.292. The van der Waals surface area contributed by atoms with Gasteiger partial charge in [-0.1, -0.05) is 6.92 Å². The van der Waals surface area contributed by atoms with Crippen molar-refractivity contribution < 1.29 is 9.35 Å². The van der Waals surface area contributed by atoms with Gasteiger partial charge in [-0.3, -0.25) is 0 Å². The molecule has 0 aromatic rings. The molecule has 0 spiro atoms. The van der Waals surface area contributed by atoms with Gasteiger partial charge in [0.1, 0.15) is 5.41 Å². The van der Waals surface area contributed by atoms with Gasteiger partial charge in [-0.2, -0.15) is 0 Å². The van der Waals surface area contributed by atoms with Crippen molar-refractivity contribution in [1.82, 2.24) is 0 Å². The fraction of sp³-hybridized carbons (Fsp3) is 0.500. The third kappa shape index (κ3) is 4.24. The molecule has 2 nitrogen and oxygen atoms in total. The van der Waals surface area contributed by atoms with E-state index in [4.69, 9.17) is 0 Å². The van der Waals surface area contributed by atoms with E-state index >= 15 is 0 Å². The lowest BCUT2D eigenvalue weighted by Gasteiger charge is -1.96. The zero-order valence-electron chi connectivity index (χ0n) is 5.59. The summed E-state index contributed by atoms with van der Waals surface area (Å²) in [4.78, 5) is 10.3. The van der Waals surface area contributed by atoms with Gasteiger partial charge < -0.3 is 4.55 Å². The van der Waals surface area contributed by atoms with E-state index in [0.29, 0.717) is 0 Å². The Labute approximate surface area is 58.1 Å². The summed E-state index contributed by atoms with van der Waals surface area (Å²) in [5.74, 6) is 0. The van der Waals surface area contributed by atoms with E-state index in [-0.39, 0.29) is 5.12 Å². The van der Waals surface area contributed by atoms with Crippen molar-refractivity contribution in [2.75, 3.05) is 0 Å². The minimum Gasteiger partial charge on any atom is -0.605 e. The molecule has 0 N–H and O–H groups in total. The summed E-state index contributed by atoms with van der Waals surface area (Å²) in [7, 11) is 0. The summed E-state index contributed by atoms with van der Waals surface area (Å²) < 4.78 is 10.6. The van der Waals surface area contributed by atoms with Gasteiger partial charge in [0, 0.05) is 6.92 Å². The van der Waals surface area contributed by atoms with Crippen LogP contribution in [0.2, 0.25) is 0 Å². The lowest BCUT2D eigenvalue weighted by Crippen LogP contribution is -2.05. The topological polar surface area (TPSA) is 40.1 Å². The molecule has 0 saturated carbocycles. The molecule has 9 heavy (non-hydrogen) atoms. The highest BCUT2D eigenvalue weighted by atomic mass is 32.2. The Morgan fingerprint density at radius 3 is 2.67 bits per heavy atom. The zero-order valence-corrected chi connectivity index (χ0v) is 6.40. The van der Waals surface area contributed by atoms with Gasteiger partial charge in [0.15, 0.2) is 0 Å². The fourth-order valence-corrected chi connectivity index (χ4v) is 0.838. The van der Waals surface area contributed by atoms with Crippen LogP contribution in [0.3, 0.4) is 0 Å². The van der Waals surface area contributed by atoms with E-state index in [1.54, 1.807) is 6.08 Å². The Hall–Kier alpha value is -0.280. The Bertz CT molecular complexity index is 120. The molecular formula is C6H10O2S. The molecule has 52 valence electrons. The van der Waals surface area contributed by atoms with Gasteiger partial charge in [-0.15, -0.1) is 0 Å². The van der Waals surface area contributed by atoms with E-state index in [1.807, 2.05) is 6.92 Å². The van der Waals surface area contributed by atoms with E-state index in [1.165, 1.54) is 12.3 Å². The maximum absolute atomic E-state index is 10.6.